The first-order chi connectivity index (χ1) is 35.0. The van der Waals surface area contributed by atoms with Gasteiger partial charge in [0, 0.05) is 85.7 Å². The van der Waals surface area contributed by atoms with Crippen LogP contribution in [0.5, 0.6) is 0 Å². The second-order valence-electron chi connectivity index (χ2n) is 17.4. The summed E-state index contributed by atoms with van der Waals surface area (Å²) in [5.74, 6) is -5.34. The van der Waals surface area contributed by atoms with E-state index in [1.54, 1.807) is 30.7 Å². The lowest BCUT2D eigenvalue weighted by molar-refractivity contribution is -0.384. The second kappa shape index (κ2) is 27.6. The molecule has 0 saturated carbocycles. The number of nitrogens with one attached hydrogen (secondary N) is 8. The molecule has 0 radical (unpaired) electrons. The third-order valence-electron chi connectivity index (χ3n) is 11.8. The number of nitro benzene ring substituents is 1. The Morgan fingerprint density at radius 2 is 1.30 bits per heavy atom. The zero-order chi connectivity index (χ0) is 52.9. The van der Waals surface area contributed by atoms with E-state index in [-0.39, 0.29) is 62.6 Å². The molecule has 73 heavy (non-hydrogen) atoms. The van der Waals surface area contributed by atoms with Gasteiger partial charge in [-0.25, -0.2) is 4.98 Å². The van der Waals surface area contributed by atoms with Crippen molar-refractivity contribution in [2.24, 2.45) is 22.2 Å². The van der Waals surface area contributed by atoms with Gasteiger partial charge in [-0.05, 0) is 67.5 Å². The van der Waals surface area contributed by atoms with Crippen molar-refractivity contribution in [3.05, 3.63) is 124 Å². The minimum atomic E-state index is -1.49. The summed E-state index contributed by atoms with van der Waals surface area (Å²) in [6.07, 6.45) is 9.60. The molecular formula is C49H63N15O9. The smallest absolute Gasteiger partial charge is 0.269 e. The Balaban J connectivity index is 1.35. The number of nitro groups is 1. The first-order valence-electron chi connectivity index (χ1n) is 23.8. The van der Waals surface area contributed by atoms with E-state index < -0.39 is 76.6 Å². The van der Waals surface area contributed by atoms with Crippen molar-refractivity contribution in [3.8, 4) is 0 Å². The zero-order valence-corrected chi connectivity index (χ0v) is 40.6. The van der Waals surface area contributed by atoms with Gasteiger partial charge >= 0.3 is 0 Å². The van der Waals surface area contributed by atoms with Crippen LogP contribution in [0.15, 0.2) is 96.8 Å². The number of aromatic amines is 2. The average molecular weight is 1010 g/mol. The summed E-state index contributed by atoms with van der Waals surface area (Å²) in [6, 6.07) is 8.55. The monoisotopic (exact) mass is 1010 g/mol. The third-order valence-corrected chi connectivity index (χ3v) is 11.8. The third kappa shape index (κ3) is 17.6. The minimum absolute atomic E-state index is 0.00784. The highest BCUT2D eigenvalue weighted by Crippen LogP contribution is 2.20. The van der Waals surface area contributed by atoms with E-state index in [9.17, 15) is 43.7 Å². The SMILES string of the molecule is CCCC[C@H](NC(=O)CCc1ccncc1)C(=O)N[C@@H](C)C(=O)N[C@@H](Cc1cnc[nH]1)C(=O)N[C@H](Cc1ccc([N+](=O)[O-])cc1)C(=O)N[C@@H](CCCN=C(N)N)C(=O)N[C@@H](Cc1c[nH]c2ccccc12)C(N)=O. The van der Waals surface area contributed by atoms with E-state index in [1.807, 2.05) is 31.2 Å². The number of nitrogens with zero attached hydrogens (tertiary/aromatic N) is 4. The largest absolute Gasteiger partial charge is 0.370 e. The highest BCUT2D eigenvalue weighted by molar-refractivity contribution is 5.97. The van der Waals surface area contributed by atoms with Crippen LogP contribution < -0.4 is 49.1 Å². The van der Waals surface area contributed by atoms with Crippen LogP contribution in [-0.4, -0.2) is 115 Å². The fourth-order valence-corrected chi connectivity index (χ4v) is 7.78. The molecule has 5 aromatic rings. The maximum atomic E-state index is 14.5. The van der Waals surface area contributed by atoms with E-state index in [0.717, 1.165) is 22.9 Å². The number of rotatable bonds is 29. The topological polar surface area (TPSA) is 383 Å². The summed E-state index contributed by atoms with van der Waals surface area (Å²) in [7, 11) is 0. The Morgan fingerprint density at radius 1 is 0.685 bits per heavy atom. The lowest BCUT2D eigenvalue weighted by atomic mass is 10.0. The summed E-state index contributed by atoms with van der Waals surface area (Å²) in [6.45, 7) is 3.41. The Hall–Kier alpha value is -8.70. The normalized spacial score (nSPS) is 13.5. The summed E-state index contributed by atoms with van der Waals surface area (Å²) in [5, 5.41) is 28.4. The molecule has 0 spiro atoms. The van der Waals surface area contributed by atoms with E-state index in [0.29, 0.717) is 36.1 Å². The van der Waals surface area contributed by atoms with Gasteiger partial charge in [0.05, 0.1) is 11.3 Å². The molecule has 14 N–H and O–H groups in total. The fraction of sp³-hybridized carbons (Fsp3) is 0.388. The number of unbranched alkanes of at least 4 members (excludes halogenated alkanes) is 1. The van der Waals surface area contributed by atoms with Crippen molar-refractivity contribution < 1.29 is 38.5 Å². The van der Waals surface area contributed by atoms with Crippen molar-refractivity contribution >= 4 is 63.9 Å². The number of hydrogen-bond donors (Lipinski definition) is 11. The van der Waals surface area contributed by atoms with Crippen LogP contribution in [-0.2, 0) is 59.2 Å². The van der Waals surface area contributed by atoms with Gasteiger partial charge in [0.1, 0.15) is 36.3 Å². The number of guanidine groups is 1. The number of aryl methyl sites for hydroxylation is 1. The molecule has 3 heterocycles. The molecular weight excluding hydrogens is 943 g/mol. The summed E-state index contributed by atoms with van der Waals surface area (Å²) < 4.78 is 0. The van der Waals surface area contributed by atoms with Gasteiger partial charge in [-0.1, -0.05) is 50.1 Å². The zero-order valence-electron chi connectivity index (χ0n) is 40.6. The van der Waals surface area contributed by atoms with Crippen molar-refractivity contribution in [1.29, 1.82) is 0 Å². The number of H-pyrrole nitrogens is 2. The van der Waals surface area contributed by atoms with E-state index in [4.69, 9.17) is 17.2 Å². The molecule has 0 aliphatic rings. The van der Waals surface area contributed by atoms with Gasteiger partial charge in [-0.15, -0.1) is 0 Å². The number of amides is 7. The number of fused-ring (bicyclic) bond motifs is 1. The van der Waals surface area contributed by atoms with E-state index >= 15 is 0 Å². The highest BCUT2D eigenvalue weighted by Gasteiger charge is 2.33. The molecule has 0 aliphatic heterocycles. The molecule has 0 fully saturated rings. The minimum Gasteiger partial charge on any atom is -0.370 e. The molecule has 2 aromatic carbocycles. The number of pyridine rings is 1. The molecule has 7 amide bonds. The second-order valence-corrected chi connectivity index (χ2v) is 17.4. The van der Waals surface area contributed by atoms with E-state index in [1.165, 1.54) is 43.7 Å². The number of aliphatic imine (C=N–C) groups is 1. The molecule has 6 atom stereocenters. The van der Waals surface area contributed by atoms with E-state index in [2.05, 4.69) is 56.8 Å². The number of non-ortho nitro benzene ring substituents is 1. The first-order valence-corrected chi connectivity index (χ1v) is 23.8. The number of imidazole rings is 1. The molecule has 24 heteroatoms. The number of carbonyl (C=O) groups excluding carboxylic acids is 7. The predicted molar refractivity (Wildman–Crippen MR) is 270 cm³/mol. The van der Waals surface area contributed by atoms with Crippen LogP contribution in [0.4, 0.5) is 5.69 Å². The molecule has 388 valence electrons. The van der Waals surface area contributed by atoms with Crippen molar-refractivity contribution in [2.75, 3.05) is 6.54 Å². The Kier molecular flexibility index (Phi) is 20.9. The molecule has 24 nitrogen and oxygen atoms in total. The number of hydrogen-bond acceptors (Lipinski definition) is 12. The number of nitrogens with two attached hydrogens (primary N) is 3. The molecule has 0 aliphatic carbocycles. The number of aromatic nitrogens is 4. The molecule has 5 rings (SSSR count). The summed E-state index contributed by atoms with van der Waals surface area (Å²) >= 11 is 0. The highest BCUT2D eigenvalue weighted by atomic mass is 16.6. The Bertz CT molecular complexity index is 2690. The predicted octanol–water partition coefficient (Wildman–Crippen LogP) is 0.513. The maximum absolute atomic E-state index is 14.5. The fourth-order valence-electron chi connectivity index (χ4n) is 7.78. The summed E-state index contributed by atoms with van der Waals surface area (Å²) in [4.78, 5) is 125. The molecule has 3 aromatic heterocycles. The van der Waals surface area contributed by atoms with Crippen LogP contribution in [0.2, 0.25) is 0 Å². The van der Waals surface area contributed by atoms with Crippen LogP contribution in [0.3, 0.4) is 0 Å². The standard InChI is InChI=1S/C49H63N15O9/c1-3-4-9-37(59-42(65)17-14-30-18-21-53-22-19-30)45(68)58-29(2)44(67)62-41(25-33-27-54-28-57-33)48(71)63-40(23-31-12-15-34(16-13-31)64(72)73)47(70)60-38(11-7-20-55-49(51)52)46(69)61-39(43(50)66)24-32-26-56-36-10-6-5-8-35(32)36/h5-6,8,10,12-13,15-16,18-19,21-22,26-29,37-41,56H,3-4,7,9,11,14,17,20,23-25H2,1-2H3,(H2,50,66)(H,54,57)(H,58,68)(H,59,65)(H,60,70)(H,61,69)(H,62,67)(H,63,71)(H4,51,52,55)/t29-,37-,38-,39-,40+,41-/m0/s1. The van der Waals surface area contributed by atoms with Gasteiger partial charge in [0.15, 0.2) is 5.96 Å². The van der Waals surface area contributed by atoms with Gasteiger partial charge in [0.25, 0.3) is 5.69 Å². The van der Waals surface area contributed by atoms with Crippen LogP contribution in [0, 0.1) is 10.1 Å². The molecule has 0 bridgehead atoms. The van der Waals surface area contributed by atoms with Crippen molar-refractivity contribution in [3.63, 3.8) is 0 Å². The summed E-state index contributed by atoms with van der Waals surface area (Å²) in [5.41, 5.74) is 19.8. The van der Waals surface area contributed by atoms with Gasteiger partial charge in [-0.2, -0.15) is 0 Å². The lowest BCUT2D eigenvalue weighted by Gasteiger charge is -2.27. The van der Waals surface area contributed by atoms with Crippen LogP contribution >= 0.6 is 0 Å². The number of primary amides is 1. The van der Waals surface area contributed by atoms with Gasteiger partial charge < -0.3 is 59.1 Å². The number of benzene rings is 2. The van der Waals surface area contributed by atoms with Crippen LogP contribution in [0.25, 0.3) is 10.9 Å². The van der Waals surface area contributed by atoms with Crippen LogP contribution in [0.1, 0.15) is 74.8 Å². The molecule has 0 unspecified atom stereocenters. The average Bonchev–Trinajstić information content (AvgIpc) is 4.05. The Morgan fingerprint density at radius 3 is 1.96 bits per heavy atom. The lowest BCUT2D eigenvalue weighted by Crippen LogP contribution is -2.60. The first kappa shape index (κ1) is 55.2. The van der Waals surface area contributed by atoms with Crippen molar-refractivity contribution in [2.45, 2.75) is 114 Å². The quantitative estimate of drug-likeness (QED) is 0.0102. The number of para-hydroxylation sites is 1. The van der Waals surface area contributed by atoms with Gasteiger partial charge in [-0.3, -0.25) is 53.7 Å². The maximum Gasteiger partial charge on any atom is 0.269 e. The number of carbonyl (C=O) groups is 7. The van der Waals surface area contributed by atoms with Crippen molar-refractivity contribution in [1.82, 2.24) is 51.8 Å². The van der Waals surface area contributed by atoms with Gasteiger partial charge in [0.2, 0.25) is 41.4 Å². The Labute approximate surface area is 420 Å². The molecule has 0 saturated heterocycles.